The molecule has 122 valence electrons. The van der Waals surface area contributed by atoms with Crippen molar-refractivity contribution in [3.63, 3.8) is 0 Å². The molecule has 8 heteroatoms. The summed E-state index contributed by atoms with van der Waals surface area (Å²) >= 11 is 5.57. The number of sulfone groups is 1. The highest BCUT2D eigenvalue weighted by Crippen LogP contribution is 2.19. The average molecular weight is 360 g/mol. The van der Waals surface area contributed by atoms with Crippen LogP contribution in [0.2, 0.25) is 5.02 Å². The fourth-order valence-electron chi connectivity index (χ4n) is 1.87. The lowest BCUT2D eigenvalue weighted by Crippen LogP contribution is -2.24. The maximum absolute atomic E-state index is 13.5. The predicted molar refractivity (Wildman–Crippen MR) is 83.9 cm³/mol. The molecule has 0 bridgehead atoms. The highest BCUT2D eigenvalue weighted by atomic mass is 35.5. The van der Waals surface area contributed by atoms with E-state index < -0.39 is 38.9 Å². The Hall–Kier alpha value is -1.99. The fraction of sp³-hybridized carbons (Fsp3) is 0.133. The Balaban J connectivity index is 2.03. The van der Waals surface area contributed by atoms with Gasteiger partial charge in [0.25, 0.3) is 0 Å². The van der Waals surface area contributed by atoms with Crippen LogP contribution in [0.3, 0.4) is 0 Å². The molecule has 4 nitrogen and oxygen atoms in total. The summed E-state index contributed by atoms with van der Waals surface area (Å²) < 4.78 is 50.4. The van der Waals surface area contributed by atoms with E-state index in [1.165, 1.54) is 24.3 Å². The van der Waals surface area contributed by atoms with E-state index in [0.29, 0.717) is 0 Å². The van der Waals surface area contributed by atoms with Crippen LogP contribution < -0.4 is 5.32 Å². The van der Waals surface area contributed by atoms with Gasteiger partial charge in [-0.3, -0.25) is 4.79 Å². The molecule has 1 N–H and O–H groups in total. The van der Waals surface area contributed by atoms with Crippen LogP contribution in [0.5, 0.6) is 0 Å². The quantitative estimate of drug-likeness (QED) is 0.891. The number of benzene rings is 2. The van der Waals surface area contributed by atoms with E-state index >= 15 is 0 Å². The Bertz CT molecular complexity index is 840. The van der Waals surface area contributed by atoms with Gasteiger partial charge in [-0.05, 0) is 24.3 Å². The minimum absolute atomic E-state index is 0.00914. The number of hydrogen-bond acceptors (Lipinski definition) is 3. The number of nitrogens with one attached hydrogen (secondary N) is 1. The summed E-state index contributed by atoms with van der Waals surface area (Å²) in [6, 6.07) is 8.90. The van der Waals surface area contributed by atoms with Crippen LogP contribution in [-0.4, -0.2) is 20.1 Å². The van der Waals surface area contributed by atoms with E-state index in [-0.39, 0.29) is 16.3 Å². The molecule has 0 aliphatic carbocycles. The lowest BCUT2D eigenvalue weighted by Gasteiger charge is -2.08. The molecule has 2 aromatic rings. The molecule has 2 rings (SSSR count). The third-order valence-corrected chi connectivity index (χ3v) is 4.63. The zero-order valence-corrected chi connectivity index (χ0v) is 13.3. The van der Waals surface area contributed by atoms with Crippen molar-refractivity contribution in [1.82, 2.24) is 0 Å². The second-order valence-corrected chi connectivity index (χ2v) is 7.27. The Kier molecular flexibility index (Phi) is 5.33. The van der Waals surface area contributed by atoms with Crippen molar-refractivity contribution in [1.29, 1.82) is 0 Å². The SMILES string of the molecule is O=C(CS(=O)(=O)Cc1ccccc1F)Nc1ccc(F)c(Cl)c1. The second-order valence-electron chi connectivity index (χ2n) is 4.80. The van der Waals surface area contributed by atoms with Crippen molar-refractivity contribution in [2.75, 3.05) is 11.1 Å². The molecular formula is C15H12ClF2NO3S. The van der Waals surface area contributed by atoms with Gasteiger partial charge in [-0.25, -0.2) is 17.2 Å². The van der Waals surface area contributed by atoms with Crippen molar-refractivity contribution in [3.05, 3.63) is 64.7 Å². The Labute approximate surface area is 137 Å². The minimum atomic E-state index is -3.85. The largest absolute Gasteiger partial charge is 0.325 e. The van der Waals surface area contributed by atoms with Gasteiger partial charge in [0.1, 0.15) is 17.4 Å². The smallest absolute Gasteiger partial charge is 0.239 e. The molecule has 0 spiro atoms. The predicted octanol–water partition coefficient (Wildman–Crippen LogP) is 3.17. The van der Waals surface area contributed by atoms with E-state index in [2.05, 4.69) is 5.32 Å². The molecule has 23 heavy (non-hydrogen) atoms. The van der Waals surface area contributed by atoms with E-state index in [0.717, 1.165) is 18.2 Å². The molecule has 0 aromatic heterocycles. The molecule has 0 aliphatic rings. The lowest BCUT2D eigenvalue weighted by molar-refractivity contribution is -0.113. The zero-order chi connectivity index (χ0) is 17.0. The third kappa shape index (κ3) is 5.01. The van der Waals surface area contributed by atoms with E-state index in [1.54, 1.807) is 0 Å². The highest BCUT2D eigenvalue weighted by molar-refractivity contribution is 7.91. The van der Waals surface area contributed by atoms with Gasteiger partial charge in [0.2, 0.25) is 5.91 Å². The number of amides is 1. The van der Waals surface area contributed by atoms with Crippen molar-refractivity contribution in [2.45, 2.75) is 5.75 Å². The number of halogens is 3. The number of anilines is 1. The van der Waals surface area contributed by atoms with Crippen molar-refractivity contribution in [3.8, 4) is 0 Å². The van der Waals surface area contributed by atoms with Crippen LogP contribution in [0.1, 0.15) is 5.56 Å². The summed E-state index contributed by atoms with van der Waals surface area (Å²) in [6.45, 7) is 0. The first-order valence-corrected chi connectivity index (χ1v) is 8.65. The third-order valence-electron chi connectivity index (χ3n) is 2.89. The van der Waals surface area contributed by atoms with Crippen LogP contribution in [0.15, 0.2) is 42.5 Å². The average Bonchev–Trinajstić information content (AvgIpc) is 2.44. The van der Waals surface area contributed by atoms with Crippen molar-refractivity contribution < 1.29 is 22.0 Å². The number of hydrogen-bond donors (Lipinski definition) is 1. The number of carbonyl (C=O) groups excluding carboxylic acids is 1. The highest BCUT2D eigenvalue weighted by Gasteiger charge is 2.19. The normalized spacial score (nSPS) is 11.3. The lowest BCUT2D eigenvalue weighted by atomic mass is 10.2. The molecule has 0 aliphatic heterocycles. The molecule has 0 unspecified atom stereocenters. The van der Waals surface area contributed by atoms with Crippen molar-refractivity contribution in [2.24, 2.45) is 0 Å². The van der Waals surface area contributed by atoms with Crippen LogP contribution >= 0.6 is 11.6 Å². The van der Waals surface area contributed by atoms with E-state index in [4.69, 9.17) is 11.6 Å². The van der Waals surface area contributed by atoms with Gasteiger partial charge in [-0.1, -0.05) is 29.8 Å². The van der Waals surface area contributed by atoms with E-state index in [1.807, 2.05) is 0 Å². The molecular weight excluding hydrogens is 348 g/mol. The molecule has 2 aromatic carbocycles. The summed E-state index contributed by atoms with van der Waals surface area (Å²) in [5, 5.41) is 2.11. The minimum Gasteiger partial charge on any atom is -0.325 e. The summed E-state index contributed by atoms with van der Waals surface area (Å²) in [4.78, 5) is 11.8. The summed E-state index contributed by atoms with van der Waals surface area (Å²) in [6.07, 6.45) is 0. The molecule has 0 heterocycles. The number of carbonyl (C=O) groups is 1. The van der Waals surface area contributed by atoms with Crippen LogP contribution in [0.25, 0.3) is 0 Å². The first-order valence-electron chi connectivity index (χ1n) is 6.45. The zero-order valence-electron chi connectivity index (χ0n) is 11.7. The van der Waals surface area contributed by atoms with Gasteiger partial charge in [0.05, 0.1) is 10.8 Å². The maximum atomic E-state index is 13.5. The molecule has 0 radical (unpaired) electrons. The van der Waals surface area contributed by atoms with Gasteiger partial charge in [-0.15, -0.1) is 0 Å². The first-order chi connectivity index (χ1) is 10.8. The van der Waals surface area contributed by atoms with E-state index in [9.17, 15) is 22.0 Å². The summed E-state index contributed by atoms with van der Waals surface area (Å²) in [7, 11) is -3.85. The molecule has 0 saturated heterocycles. The Morgan fingerprint density at radius 3 is 2.43 bits per heavy atom. The van der Waals surface area contributed by atoms with Crippen LogP contribution in [-0.2, 0) is 20.4 Å². The standard InChI is InChI=1S/C15H12ClF2NO3S/c16-12-7-11(5-6-14(12)18)19-15(20)9-23(21,22)8-10-3-1-2-4-13(10)17/h1-7H,8-9H2,(H,19,20). The monoisotopic (exact) mass is 359 g/mol. The van der Waals surface area contributed by atoms with Gasteiger partial charge in [-0.2, -0.15) is 0 Å². The van der Waals surface area contributed by atoms with Crippen LogP contribution in [0.4, 0.5) is 14.5 Å². The van der Waals surface area contributed by atoms with Gasteiger partial charge >= 0.3 is 0 Å². The van der Waals surface area contributed by atoms with Gasteiger partial charge in [0.15, 0.2) is 9.84 Å². The van der Waals surface area contributed by atoms with Crippen LogP contribution in [0, 0.1) is 11.6 Å². The fourth-order valence-corrected chi connectivity index (χ4v) is 3.34. The maximum Gasteiger partial charge on any atom is 0.239 e. The molecule has 1 amide bonds. The molecule has 0 saturated carbocycles. The first kappa shape index (κ1) is 17.4. The van der Waals surface area contributed by atoms with Crippen molar-refractivity contribution >= 4 is 33.0 Å². The summed E-state index contributed by atoms with van der Waals surface area (Å²) in [5.41, 5.74) is 0.160. The topological polar surface area (TPSA) is 63.2 Å². The summed E-state index contributed by atoms with van der Waals surface area (Å²) in [5.74, 6) is -3.53. The Morgan fingerprint density at radius 1 is 1.09 bits per heavy atom. The molecule has 0 fully saturated rings. The number of rotatable bonds is 5. The Morgan fingerprint density at radius 2 is 1.78 bits per heavy atom. The second kappa shape index (κ2) is 7.06. The van der Waals surface area contributed by atoms with Gasteiger partial charge in [0, 0.05) is 11.3 Å². The van der Waals surface area contributed by atoms with Gasteiger partial charge < -0.3 is 5.32 Å². The molecule has 0 atom stereocenters.